The largest absolute Gasteiger partial charge is 0.497 e. The second-order valence-electron chi connectivity index (χ2n) is 8.32. The van der Waals surface area contributed by atoms with Crippen LogP contribution in [-0.2, 0) is 6.42 Å². The number of ether oxygens (including phenoxy) is 1. The Kier molecular flexibility index (Phi) is 5.80. The van der Waals surface area contributed by atoms with E-state index in [-0.39, 0.29) is 18.0 Å². The molecule has 3 heteroatoms. The minimum Gasteiger partial charge on any atom is -0.497 e. The predicted octanol–water partition coefficient (Wildman–Crippen LogP) is 6.67. The summed E-state index contributed by atoms with van der Waals surface area (Å²) in [6, 6.07) is 38.8. The fourth-order valence-electron chi connectivity index (χ4n) is 4.82. The van der Waals surface area contributed by atoms with Crippen molar-refractivity contribution in [2.24, 2.45) is 0 Å². The van der Waals surface area contributed by atoms with Crippen molar-refractivity contribution in [3.8, 4) is 5.75 Å². The number of anilines is 2. The zero-order valence-electron chi connectivity index (χ0n) is 18.2. The summed E-state index contributed by atoms with van der Waals surface area (Å²) in [5, 5.41) is 7.72. The standard InChI is InChI=1S/C29H28N2O/c1-32-24-16-10-15-23(20-24)30-29-25-17-8-9-18-26(25)31-27(19-21-11-4-2-5-12-21)28(29)22-13-6-3-7-14-22/h2-18,20,27-31H,19H2,1H3/t27-,28-,29-/m1/s1. The minimum atomic E-state index is 0.121. The first-order chi connectivity index (χ1) is 15.8. The average molecular weight is 421 g/mol. The summed E-state index contributed by atoms with van der Waals surface area (Å²) in [7, 11) is 1.71. The molecule has 1 heterocycles. The van der Waals surface area contributed by atoms with Crippen LogP contribution in [0.25, 0.3) is 0 Å². The van der Waals surface area contributed by atoms with E-state index in [0.29, 0.717) is 0 Å². The molecule has 0 unspecified atom stereocenters. The molecule has 0 bridgehead atoms. The fraction of sp³-hybridized carbons (Fsp3) is 0.172. The number of hydrogen-bond donors (Lipinski definition) is 2. The highest BCUT2D eigenvalue weighted by molar-refractivity contribution is 5.62. The van der Waals surface area contributed by atoms with Crippen LogP contribution in [0.2, 0.25) is 0 Å². The third-order valence-corrected chi connectivity index (χ3v) is 6.30. The lowest BCUT2D eigenvalue weighted by Gasteiger charge is -2.42. The summed E-state index contributed by atoms with van der Waals surface area (Å²) in [5.41, 5.74) is 6.21. The number of hydrogen-bond acceptors (Lipinski definition) is 3. The van der Waals surface area contributed by atoms with E-state index in [2.05, 4.69) is 108 Å². The third-order valence-electron chi connectivity index (χ3n) is 6.30. The van der Waals surface area contributed by atoms with Gasteiger partial charge < -0.3 is 15.4 Å². The van der Waals surface area contributed by atoms with Crippen LogP contribution in [0.4, 0.5) is 11.4 Å². The Morgan fingerprint density at radius 3 is 2.28 bits per heavy atom. The van der Waals surface area contributed by atoms with Crippen molar-refractivity contribution in [2.75, 3.05) is 17.7 Å². The van der Waals surface area contributed by atoms with E-state index < -0.39 is 0 Å². The molecule has 0 aromatic heterocycles. The molecule has 4 aromatic rings. The number of fused-ring (bicyclic) bond motifs is 1. The van der Waals surface area contributed by atoms with E-state index in [1.807, 2.05) is 12.1 Å². The quantitative estimate of drug-likeness (QED) is 0.365. The molecule has 4 aromatic carbocycles. The first kappa shape index (κ1) is 20.2. The SMILES string of the molecule is COc1cccc(N[C@@H]2c3ccccc3N[C@H](Cc3ccccc3)[C@H]2c2ccccc2)c1. The van der Waals surface area contributed by atoms with Crippen molar-refractivity contribution >= 4 is 11.4 Å². The number of para-hydroxylation sites is 1. The maximum absolute atomic E-state index is 5.47. The highest BCUT2D eigenvalue weighted by Gasteiger charge is 2.37. The molecule has 0 amide bonds. The Bertz CT molecular complexity index is 1160. The van der Waals surface area contributed by atoms with Crippen molar-refractivity contribution in [3.63, 3.8) is 0 Å². The van der Waals surface area contributed by atoms with Gasteiger partial charge in [0.15, 0.2) is 0 Å². The lowest BCUT2D eigenvalue weighted by molar-refractivity contribution is 0.414. The van der Waals surface area contributed by atoms with E-state index in [1.54, 1.807) is 7.11 Å². The van der Waals surface area contributed by atoms with Crippen LogP contribution in [0.15, 0.2) is 109 Å². The summed E-state index contributed by atoms with van der Waals surface area (Å²) >= 11 is 0. The molecule has 160 valence electrons. The Labute approximate surface area is 190 Å². The molecule has 0 fully saturated rings. The molecule has 0 spiro atoms. The lowest BCUT2D eigenvalue weighted by Crippen LogP contribution is -2.40. The second-order valence-corrected chi connectivity index (χ2v) is 8.32. The molecule has 3 nitrogen and oxygen atoms in total. The zero-order chi connectivity index (χ0) is 21.8. The molecule has 32 heavy (non-hydrogen) atoms. The molecule has 5 rings (SSSR count). The van der Waals surface area contributed by atoms with Crippen LogP contribution in [0, 0.1) is 0 Å². The highest BCUT2D eigenvalue weighted by atomic mass is 16.5. The monoisotopic (exact) mass is 420 g/mol. The van der Waals surface area contributed by atoms with E-state index in [1.165, 1.54) is 22.4 Å². The molecule has 0 saturated heterocycles. The van der Waals surface area contributed by atoms with E-state index in [9.17, 15) is 0 Å². The van der Waals surface area contributed by atoms with Gasteiger partial charge in [-0.25, -0.2) is 0 Å². The molecular weight excluding hydrogens is 392 g/mol. The second kappa shape index (κ2) is 9.19. The highest BCUT2D eigenvalue weighted by Crippen LogP contribution is 2.45. The maximum Gasteiger partial charge on any atom is 0.120 e. The van der Waals surface area contributed by atoms with Gasteiger partial charge in [-0.2, -0.15) is 0 Å². The molecular formula is C29H28N2O. The molecule has 1 aliphatic rings. The third kappa shape index (κ3) is 4.19. The van der Waals surface area contributed by atoms with Crippen LogP contribution < -0.4 is 15.4 Å². The van der Waals surface area contributed by atoms with Crippen molar-refractivity contribution in [2.45, 2.75) is 24.4 Å². The minimum absolute atomic E-state index is 0.121. The van der Waals surface area contributed by atoms with E-state index in [0.717, 1.165) is 17.9 Å². The Hall–Kier alpha value is -3.72. The van der Waals surface area contributed by atoms with E-state index >= 15 is 0 Å². The molecule has 2 N–H and O–H groups in total. The predicted molar refractivity (Wildman–Crippen MR) is 133 cm³/mol. The van der Waals surface area contributed by atoms with Crippen molar-refractivity contribution in [1.82, 2.24) is 0 Å². The smallest absolute Gasteiger partial charge is 0.120 e. The first-order valence-electron chi connectivity index (χ1n) is 11.2. The van der Waals surface area contributed by atoms with Crippen LogP contribution in [-0.4, -0.2) is 13.2 Å². The molecule has 1 aliphatic heterocycles. The van der Waals surface area contributed by atoms with Gasteiger partial charge in [0, 0.05) is 29.4 Å². The van der Waals surface area contributed by atoms with Gasteiger partial charge in [0.1, 0.15) is 5.75 Å². The van der Waals surface area contributed by atoms with Gasteiger partial charge in [-0.05, 0) is 41.3 Å². The summed E-state index contributed by atoms with van der Waals surface area (Å²) < 4.78 is 5.47. The summed E-state index contributed by atoms with van der Waals surface area (Å²) in [5.74, 6) is 1.10. The zero-order valence-corrected chi connectivity index (χ0v) is 18.2. The van der Waals surface area contributed by atoms with Crippen LogP contribution >= 0.6 is 0 Å². The van der Waals surface area contributed by atoms with Crippen LogP contribution in [0.5, 0.6) is 5.75 Å². The molecule has 0 saturated carbocycles. The first-order valence-corrected chi connectivity index (χ1v) is 11.2. The van der Waals surface area contributed by atoms with Gasteiger partial charge in [-0.3, -0.25) is 0 Å². The number of nitrogens with one attached hydrogen (secondary N) is 2. The van der Waals surface area contributed by atoms with Crippen molar-refractivity contribution in [1.29, 1.82) is 0 Å². The lowest BCUT2D eigenvalue weighted by atomic mass is 9.76. The fourth-order valence-corrected chi connectivity index (χ4v) is 4.82. The number of benzene rings is 4. The van der Waals surface area contributed by atoms with Gasteiger partial charge in [-0.1, -0.05) is 84.9 Å². The summed E-state index contributed by atoms with van der Waals surface area (Å²) in [6.45, 7) is 0. The average Bonchev–Trinajstić information content (AvgIpc) is 2.85. The van der Waals surface area contributed by atoms with Gasteiger partial charge in [0.05, 0.1) is 13.2 Å². The Morgan fingerprint density at radius 1 is 0.781 bits per heavy atom. The van der Waals surface area contributed by atoms with E-state index in [4.69, 9.17) is 4.74 Å². The Morgan fingerprint density at radius 2 is 1.50 bits per heavy atom. The van der Waals surface area contributed by atoms with Gasteiger partial charge in [0.2, 0.25) is 0 Å². The van der Waals surface area contributed by atoms with Gasteiger partial charge in [-0.15, -0.1) is 0 Å². The van der Waals surface area contributed by atoms with Crippen molar-refractivity contribution in [3.05, 3.63) is 126 Å². The molecule has 0 aliphatic carbocycles. The molecule has 3 atom stereocenters. The van der Waals surface area contributed by atoms with Crippen molar-refractivity contribution < 1.29 is 4.74 Å². The number of rotatable bonds is 6. The van der Waals surface area contributed by atoms with Crippen LogP contribution in [0.3, 0.4) is 0 Å². The van der Waals surface area contributed by atoms with Gasteiger partial charge in [0.25, 0.3) is 0 Å². The normalized spacial score (nSPS) is 19.5. The van der Waals surface area contributed by atoms with Gasteiger partial charge >= 0.3 is 0 Å². The summed E-state index contributed by atoms with van der Waals surface area (Å²) in [4.78, 5) is 0. The molecule has 0 radical (unpaired) electrons. The number of methoxy groups -OCH3 is 1. The topological polar surface area (TPSA) is 33.3 Å². The Balaban J connectivity index is 1.59. The maximum atomic E-state index is 5.47. The summed E-state index contributed by atoms with van der Waals surface area (Å²) in [6.07, 6.45) is 0.949. The van der Waals surface area contributed by atoms with Crippen LogP contribution in [0.1, 0.15) is 28.7 Å².